The Balaban J connectivity index is 1.38. The van der Waals surface area contributed by atoms with Gasteiger partial charge in [-0.05, 0) is 41.5 Å². The molecule has 0 spiro atoms. The summed E-state index contributed by atoms with van der Waals surface area (Å²) in [6.07, 6.45) is 1.72. The second kappa shape index (κ2) is 10.1. The average Bonchev–Trinajstić information content (AvgIpc) is 3.28. The predicted octanol–water partition coefficient (Wildman–Crippen LogP) is 6.50. The second-order valence-electron chi connectivity index (χ2n) is 6.60. The number of hydrogen-bond acceptors (Lipinski definition) is 6. The first-order chi connectivity index (χ1) is 15.2. The molecule has 0 saturated carbocycles. The molecule has 0 radical (unpaired) electrons. The molecule has 1 N–H and O–H groups in total. The molecule has 1 aromatic heterocycles. The van der Waals surface area contributed by atoms with Gasteiger partial charge in [-0.2, -0.15) is 5.10 Å². The van der Waals surface area contributed by atoms with Crippen molar-refractivity contribution in [3.8, 4) is 22.8 Å². The third kappa shape index (κ3) is 5.63. The SMILES string of the molecule is COc1cc(/C=N\Nc2nc(-c3ccccc3)cs2)ccc1OCc1ccc(Cl)cc1. The van der Waals surface area contributed by atoms with E-state index in [9.17, 15) is 0 Å². The summed E-state index contributed by atoms with van der Waals surface area (Å²) in [6.45, 7) is 0.427. The van der Waals surface area contributed by atoms with Crippen LogP contribution in [0.25, 0.3) is 11.3 Å². The van der Waals surface area contributed by atoms with E-state index in [4.69, 9.17) is 21.1 Å². The van der Waals surface area contributed by atoms with Crippen molar-refractivity contribution in [1.82, 2.24) is 4.98 Å². The Morgan fingerprint density at radius 1 is 1.03 bits per heavy atom. The van der Waals surface area contributed by atoms with E-state index in [-0.39, 0.29) is 0 Å². The van der Waals surface area contributed by atoms with Crippen LogP contribution < -0.4 is 14.9 Å². The quantitative estimate of drug-likeness (QED) is 0.246. The number of thiazole rings is 1. The lowest BCUT2D eigenvalue weighted by molar-refractivity contribution is 0.284. The Morgan fingerprint density at radius 2 is 1.84 bits per heavy atom. The number of nitrogens with one attached hydrogen (secondary N) is 1. The zero-order chi connectivity index (χ0) is 21.5. The lowest BCUT2D eigenvalue weighted by atomic mass is 10.2. The summed E-state index contributed by atoms with van der Waals surface area (Å²) in [6, 6.07) is 23.3. The Bertz CT molecular complexity index is 1160. The molecule has 0 fully saturated rings. The highest BCUT2D eigenvalue weighted by molar-refractivity contribution is 7.14. The second-order valence-corrected chi connectivity index (χ2v) is 7.89. The van der Waals surface area contributed by atoms with E-state index in [0.29, 0.717) is 23.1 Å². The summed E-state index contributed by atoms with van der Waals surface area (Å²) in [5.41, 5.74) is 6.89. The van der Waals surface area contributed by atoms with Crippen molar-refractivity contribution in [3.05, 3.63) is 94.3 Å². The van der Waals surface area contributed by atoms with E-state index in [1.54, 1.807) is 13.3 Å². The summed E-state index contributed by atoms with van der Waals surface area (Å²) < 4.78 is 11.4. The molecule has 3 aromatic carbocycles. The normalized spacial score (nSPS) is 10.9. The molecule has 156 valence electrons. The first-order valence-corrected chi connectivity index (χ1v) is 10.8. The molecular weight excluding hydrogens is 430 g/mol. The molecule has 0 atom stereocenters. The summed E-state index contributed by atoms with van der Waals surface area (Å²) in [4.78, 5) is 4.56. The lowest BCUT2D eigenvalue weighted by Gasteiger charge is -2.11. The highest BCUT2D eigenvalue weighted by Crippen LogP contribution is 2.29. The monoisotopic (exact) mass is 449 g/mol. The van der Waals surface area contributed by atoms with Gasteiger partial charge in [-0.25, -0.2) is 4.98 Å². The molecule has 7 heteroatoms. The Morgan fingerprint density at radius 3 is 2.61 bits per heavy atom. The maximum absolute atomic E-state index is 5.92. The minimum Gasteiger partial charge on any atom is -0.493 e. The topological polar surface area (TPSA) is 55.7 Å². The van der Waals surface area contributed by atoms with Crippen molar-refractivity contribution in [2.75, 3.05) is 12.5 Å². The number of ether oxygens (including phenoxy) is 2. The highest BCUT2D eigenvalue weighted by atomic mass is 35.5. The van der Waals surface area contributed by atoms with Crippen LogP contribution in [0.5, 0.6) is 11.5 Å². The molecule has 0 aliphatic rings. The van der Waals surface area contributed by atoms with Gasteiger partial charge in [0.25, 0.3) is 0 Å². The zero-order valence-corrected chi connectivity index (χ0v) is 18.4. The largest absolute Gasteiger partial charge is 0.493 e. The van der Waals surface area contributed by atoms with Crippen LogP contribution in [-0.2, 0) is 6.61 Å². The third-order valence-electron chi connectivity index (χ3n) is 4.44. The van der Waals surface area contributed by atoms with Crippen molar-refractivity contribution in [3.63, 3.8) is 0 Å². The number of hydrogen-bond donors (Lipinski definition) is 1. The van der Waals surface area contributed by atoms with E-state index >= 15 is 0 Å². The predicted molar refractivity (Wildman–Crippen MR) is 128 cm³/mol. The van der Waals surface area contributed by atoms with Crippen LogP contribution in [0.15, 0.2) is 83.3 Å². The van der Waals surface area contributed by atoms with Gasteiger partial charge in [-0.3, -0.25) is 5.43 Å². The number of halogens is 1. The van der Waals surface area contributed by atoms with Crippen LogP contribution in [0.2, 0.25) is 5.02 Å². The highest BCUT2D eigenvalue weighted by Gasteiger charge is 2.06. The number of aromatic nitrogens is 1. The minimum atomic E-state index is 0.427. The Hall–Kier alpha value is -3.35. The lowest BCUT2D eigenvalue weighted by Crippen LogP contribution is -1.98. The number of anilines is 1. The van der Waals surface area contributed by atoms with Crippen LogP contribution in [-0.4, -0.2) is 18.3 Å². The molecule has 5 nitrogen and oxygen atoms in total. The molecule has 31 heavy (non-hydrogen) atoms. The van der Waals surface area contributed by atoms with Gasteiger partial charge in [0.05, 0.1) is 19.0 Å². The first-order valence-electron chi connectivity index (χ1n) is 9.56. The summed E-state index contributed by atoms with van der Waals surface area (Å²) in [5.74, 6) is 1.30. The number of benzene rings is 3. The van der Waals surface area contributed by atoms with Crippen molar-refractivity contribution in [2.24, 2.45) is 5.10 Å². The Labute approximate surface area is 190 Å². The van der Waals surface area contributed by atoms with Gasteiger partial charge < -0.3 is 9.47 Å². The van der Waals surface area contributed by atoms with Gasteiger partial charge in [-0.1, -0.05) is 54.1 Å². The molecule has 0 bridgehead atoms. The van der Waals surface area contributed by atoms with Gasteiger partial charge in [0.1, 0.15) is 6.61 Å². The van der Waals surface area contributed by atoms with Crippen molar-refractivity contribution in [2.45, 2.75) is 6.61 Å². The molecule has 4 aromatic rings. The molecule has 0 aliphatic carbocycles. The van der Waals surface area contributed by atoms with Crippen molar-refractivity contribution < 1.29 is 9.47 Å². The maximum Gasteiger partial charge on any atom is 0.203 e. The molecule has 0 amide bonds. The molecule has 0 saturated heterocycles. The van der Waals surface area contributed by atoms with Crippen LogP contribution in [0, 0.1) is 0 Å². The first kappa shape index (κ1) is 20.9. The number of nitrogens with zero attached hydrogens (tertiary/aromatic N) is 2. The molecule has 4 rings (SSSR count). The van der Waals surface area contributed by atoms with Gasteiger partial charge in [0, 0.05) is 16.0 Å². The van der Waals surface area contributed by atoms with Gasteiger partial charge in [-0.15, -0.1) is 11.3 Å². The van der Waals surface area contributed by atoms with E-state index in [1.807, 2.05) is 78.2 Å². The van der Waals surface area contributed by atoms with Crippen molar-refractivity contribution >= 4 is 34.3 Å². The smallest absolute Gasteiger partial charge is 0.203 e. The van der Waals surface area contributed by atoms with Gasteiger partial charge in [0.15, 0.2) is 11.5 Å². The van der Waals surface area contributed by atoms with E-state index in [0.717, 1.165) is 27.5 Å². The summed E-state index contributed by atoms with van der Waals surface area (Å²) >= 11 is 7.43. The Kier molecular flexibility index (Phi) is 6.82. The number of rotatable bonds is 8. The van der Waals surface area contributed by atoms with Gasteiger partial charge >= 0.3 is 0 Å². The van der Waals surface area contributed by atoms with Crippen LogP contribution in [0.3, 0.4) is 0 Å². The van der Waals surface area contributed by atoms with Crippen LogP contribution in [0.1, 0.15) is 11.1 Å². The fourth-order valence-corrected chi connectivity index (χ4v) is 3.65. The standard InChI is InChI=1S/C24H20ClN3O2S/c1-29-23-13-18(9-12-22(23)30-15-17-7-10-20(25)11-8-17)14-26-28-24-27-21(16-31-24)19-5-3-2-4-6-19/h2-14,16H,15H2,1H3,(H,27,28)/b26-14-. The maximum atomic E-state index is 5.92. The molecule has 0 aliphatic heterocycles. The van der Waals surface area contributed by atoms with Gasteiger partial charge in [0.2, 0.25) is 5.13 Å². The van der Waals surface area contributed by atoms with Crippen LogP contribution >= 0.6 is 22.9 Å². The zero-order valence-electron chi connectivity index (χ0n) is 16.8. The van der Waals surface area contributed by atoms with Crippen molar-refractivity contribution in [1.29, 1.82) is 0 Å². The summed E-state index contributed by atoms with van der Waals surface area (Å²) in [5, 5.41) is 7.72. The van der Waals surface area contributed by atoms with E-state index < -0.39 is 0 Å². The molecular formula is C24H20ClN3O2S. The molecule has 0 unspecified atom stereocenters. The fourth-order valence-electron chi connectivity index (χ4n) is 2.85. The number of hydrazone groups is 1. The fraction of sp³-hybridized carbons (Fsp3) is 0.0833. The van der Waals surface area contributed by atoms with Crippen LogP contribution in [0.4, 0.5) is 5.13 Å². The third-order valence-corrected chi connectivity index (χ3v) is 5.44. The number of methoxy groups -OCH3 is 1. The van der Waals surface area contributed by atoms with E-state index in [2.05, 4.69) is 15.5 Å². The summed E-state index contributed by atoms with van der Waals surface area (Å²) in [7, 11) is 1.62. The average molecular weight is 450 g/mol. The molecule has 1 heterocycles. The van der Waals surface area contributed by atoms with E-state index in [1.165, 1.54) is 11.3 Å². The minimum absolute atomic E-state index is 0.427.